The molecule has 2 aromatic rings. The van der Waals surface area contributed by atoms with Gasteiger partial charge in [-0.05, 0) is 62.4 Å². The van der Waals surface area contributed by atoms with E-state index in [1.54, 1.807) is 48.5 Å². The molecular weight excluding hydrogens is 344 g/mol. The molecule has 0 saturated heterocycles. The van der Waals surface area contributed by atoms with Gasteiger partial charge in [-0.25, -0.2) is 4.79 Å². The minimum absolute atomic E-state index is 0.0551. The molecule has 1 atom stereocenters. The third kappa shape index (κ3) is 5.43. The summed E-state index contributed by atoms with van der Waals surface area (Å²) in [5.74, 6) is -0.611. The molecule has 1 unspecified atom stereocenters. The van der Waals surface area contributed by atoms with Gasteiger partial charge in [-0.2, -0.15) is 0 Å². The molecule has 0 radical (unpaired) electrons. The van der Waals surface area contributed by atoms with Crippen molar-refractivity contribution in [1.29, 1.82) is 0 Å². The summed E-state index contributed by atoms with van der Waals surface area (Å²) < 4.78 is 10.4. The Morgan fingerprint density at radius 3 is 2.08 bits per heavy atom. The van der Waals surface area contributed by atoms with Crippen molar-refractivity contribution >= 4 is 29.1 Å². The molecule has 0 amide bonds. The smallest absolute Gasteiger partial charge is 0.344 e. The lowest BCUT2D eigenvalue weighted by molar-refractivity contribution is -0.148. The van der Waals surface area contributed by atoms with Crippen molar-refractivity contribution < 1.29 is 23.9 Å². The summed E-state index contributed by atoms with van der Waals surface area (Å²) in [5.41, 5.74) is 0.961. The van der Waals surface area contributed by atoms with Gasteiger partial charge in [0.15, 0.2) is 18.5 Å². The molecule has 0 aliphatic rings. The Balaban J connectivity index is 1.85. The van der Waals surface area contributed by atoms with Crippen molar-refractivity contribution in [3.63, 3.8) is 0 Å². The van der Waals surface area contributed by atoms with Crippen molar-refractivity contribution in [2.75, 3.05) is 6.61 Å². The molecule has 25 heavy (non-hydrogen) atoms. The van der Waals surface area contributed by atoms with Crippen LogP contribution < -0.4 is 4.74 Å². The van der Waals surface area contributed by atoms with Gasteiger partial charge in [0.1, 0.15) is 5.75 Å². The fourth-order valence-corrected chi connectivity index (χ4v) is 2.19. The van der Waals surface area contributed by atoms with Crippen LogP contribution in [0.1, 0.15) is 34.6 Å². The normalized spacial score (nSPS) is 11.5. The van der Waals surface area contributed by atoms with E-state index in [0.717, 1.165) is 0 Å². The Hall–Kier alpha value is -2.66. The van der Waals surface area contributed by atoms with Gasteiger partial charge in [0.25, 0.3) is 0 Å². The van der Waals surface area contributed by atoms with Gasteiger partial charge in [-0.15, -0.1) is 0 Å². The van der Waals surface area contributed by atoms with Crippen LogP contribution in [0.15, 0.2) is 48.5 Å². The lowest BCUT2D eigenvalue weighted by Crippen LogP contribution is -2.27. The lowest BCUT2D eigenvalue weighted by atomic mass is 10.1. The zero-order chi connectivity index (χ0) is 18.4. The van der Waals surface area contributed by atoms with Crippen LogP contribution in [-0.4, -0.2) is 30.2 Å². The van der Waals surface area contributed by atoms with E-state index in [2.05, 4.69) is 0 Å². The predicted molar refractivity (Wildman–Crippen MR) is 93.3 cm³/mol. The zero-order valence-electron chi connectivity index (χ0n) is 13.8. The molecule has 2 rings (SSSR count). The molecule has 0 spiro atoms. The third-order valence-electron chi connectivity index (χ3n) is 3.42. The highest BCUT2D eigenvalue weighted by atomic mass is 35.5. The van der Waals surface area contributed by atoms with E-state index in [1.807, 2.05) is 0 Å². The Morgan fingerprint density at radius 2 is 1.52 bits per heavy atom. The standard InChI is InChI=1S/C19H17ClO5/c1-12(21)14-5-9-17(10-6-14)24-11-18(22)25-13(2)19(23)15-3-7-16(20)8-4-15/h3-10,13H,11H2,1-2H3. The zero-order valence-corrected chi connectivity index (χ0v) is 14.6. The second-order valence-electron chi connectivity index (χ2n) is 5.37. The molecule has 5 nitrogen and oxygen atoms in total. The van der Waals surface area contributed by atoms with E-state index < -0.39 is 12.1 Å². The molecular formula is C19H17ClO5. The second-order valence-corrected chi connectivity index (χ2v) is 5.81. The van der Waals surface area contributed by atoms with E-state index in [-0.39, 0.29) is 18.2 Å². The first-order valence-corrected chi connectivity index (χ1v) is 7.97. The Morgan fingerprint density at radius 1 is 0.960 bits per heavy atom. The molecule has 0 fully saturated rings. The molecule has 0 heterocycles. The molecule has 6 heteroatoms. The maximum atomic E-state index is 12.2. The van der Waals surface area contributed by atoms with Gasteiger partial charge in [0, 0.05) is 16.1 Å². The third-order valence-corrected chi connectivity index (χ3v) is 3.68. The Bertz CT molecular complexity index is 765. The van der Waals surface area contributed by atoms with Crippen molar-refractivity contribution in [2.24, 2.45) is 0 Å². The maximum Gasteiger partial charge on any atom is 0.344 e. The summed E-state index contributed by atoms with van der Waals surface area (Å²) in [6, 6.07) is 12.7. The Labute approximate surface area is 150 Å². The van der Waals surface area contributed by atoms with Crippen LogP contribution in [0, 0.1) is 0 Å². The highest BCUT2D eigenvalue weighted by Gasteiger charge is 2.19. The highest BCUT2D eigenvalue weighted by molar-refractivity contribution is 6.30. The lowest BCUT2D eigenvalue weighted by Gasteiger charge is -2.13. The number of rotatable bonds is 7. The number of halogens is 1. The van der Waals surface area contributed by atoms with Crippen LogP contribution in [0.5, 0.6) is 5.75 Å². The van der Waals surface area contributed by atoms with E-state index in [0.29, 0.717) is 21.9 Å². The number of Topliss-reactive ketones (excluding diaryl/α,β-unsaturated/α-hetero) is 2. The minimum atomic E-state index is -0.933. The number of benzene rings is 2. The average Bonchev–Trinajstić information content (AvgIpc) is 2.60. The number of hydrogen-bond donors (Lipinski definition) is 0. The number of carbonyl (C=O) groups excluding carboxylic acids is 3. The fraction of sp³-hybridized carbons (Fsp3) is 0.211. The van der Waals surface area contributed by atoms with E-state index in [9.17, 15) is 14.4 Å². The number of carbonyl (C=O) groups is 3. The van der Waals surface area contributed by atoms with Crippen LogP contribution in [-0.2, 0) is 9.53 Å². The number of ketones is 2. The van der Waals surface area contributed by atoms with Crippen LogP contribution in [0.4, 0.5) is 0 Å². The molecule has 0 saturated carbocycles. The summed E-state index contributed by atoms with van der Waals surface area (Å²) in [6.07, 6.45) is -0.933. The van der Waals surface area contributed by atoms with Gasteiger partial charge < -0.3 is 9.47 Å². The minimum Gasteiger partial charge on any atom is -0.482 e. The first kappa shape index (κ1) is 18.7. The maximum absolute atomic E-state index is 12.2. The first-order valence-electron chi connectivity index (χ1n) is 7.60. The van der Waals surface area contributed by atoms with Gasteiger partial charge in [-0.1, -0.05) is 11.6 Å². The first-order chi connectivity index (χ1) is 11.9. The molecule has 2 aromatic carbocycles. The SMILES string of the molecule is CC(=O)c1ccc(OCC(=O)OC(C)C(=O)c2ccc(Cl)cc2)cc1. The van der Waals surface area contributed by atoms with E-state index in [1.165, 1.54) is 13.8 Å². The average molecular weight is 361 g/mol. The molecule has 0 aliphatic heterocycles. The van der Waals surface area contributed by atoms with Gasteiger partial charge in [0.2, 0.25) is 5.78 Å². The van der Waals surface area contributed by atoms with Crippen LogP contribution >= 0.6 is 11.6 Å². The van der Waals surface area contributed by atoms with E-state index in [4.69, 9.17) is 21.1 Å². The van der Waals surface area contributed by atoms with Crippen LogP contribution in [0.3, 0.4) is 0 Å². The summed E-state index contributed by atoms with van der Waals surface area (Å²) >= 11 is 5.77. The summed E-state index contributed by atoms with van der Waals surface area (Å²) in [6.45, 7) is 2.63. The number of hydrogen-bond acceptors (Lipinski definition) is 5. The van der Waals surface area contributed by atoms with E-state index >= 15 is 0 Å². The highest BCUT2D eigenvalue weighted by Crippen LogP contribution is 2.14. The number of ether oxygens (including phenoxy) is 2. The van der Waals surface area contributed by atoms with Gasteiger partial charge in [-0.3, -0.25) is 9.59 Å². The van der Waals surface area contributed by atoms with Crippen LogP contribution in [0.25, 0.3) is 0 Å². The van der Waals surface area contributed by atoms with Gasteiger partial charge >= 0.3 is 5.97 Å². The molecule has 0 bridgehead atoms. The molecule has 130 valence electrons. The second kappa shape index (κ2) is 8.44. The monoisotopic (exact) mass is 360 g/mol. The summed E-state index contributed by atoms with van der Waals surface area (Å²) in [4.78, 5) is 35.2. The predicted octanol–water partition coefficient (Wildman–Crippen LogP) is 3.74. The van der Waals surface area contributed by atoms with Crippen molar-refractivity contribution in [3.05, 3.63) is 64.7 Å². The van der Waals surface area contributed by atoms with Crippen molar-refractivity contribution in [2.45, 2.75) is 20.0 Å². The summed E-state index contributed by atoms with van der Waals surface area (Å²) in [7, 11) is 0. The largest absolute Gasteiger partial charge is 0.482 e. The van der Waals surface area contributed by atoms with Gasteiger partial charge in [0.05, 0.1) is 0 Å². The fourth-order valence-electron chi connectivity index (χ4n) is 2.06. The quantitative estimate of drug-likeness (QED) is 0.555. The molecule has 0 aromatic heterocycles. The molecule has 0 N–H and O–H groups in total. The Kier molecular flexibility index (Phi) is 6.31. The van der Waals surface area contributed by atoms with Crippen molar-refractivity contribution in [3.8, 4) is 5.75 Å². The summed E-state index contributed by atoms with van der Waals surface area (Å²) in [5, 5.41) is 0.519. The molecule has 0 aliphatic carbocycles. The van der Waals surface area contributed by atoms with Crippen molar-refractivity contribution in [1.82, 2.24) is 0 Å². The topological polar surface area (TPSA) is 69.7 Å². The number of esters is 1. The van der Waals surface area contributed by atoms with Crippen LogP contribution in [0.2, 0.25) is 5.02 Å².